The number of rotatable bonds is 5. The van der Waals surface area contributed by atoms with Gasteiger partial charge < -0.3 is 5.32 Å². The molecule has 0 bridgehead atoms. The number of H-pyrrole nitrogens is 1. The Bertz CT molecular complexity index is 193. The lowest BCUT2D eigenvalue weighted by Gasteiger charge is -2.04. The summed E-state index contributed by atoms with van der Waals surface area (Å²) < 4.78 is 0. The molecule has 0 atom stereocenters. The van der Waals surface area contributed by atoms with Crippen LogP contribution in [0.25, 0.3) is 0 Å². The minimum Gasteiger partial charge on any atom is -0.310 e. The molecule has 0 aromatic carbocycles. The fourth-order valence-corrected chi connectivity index (χ4v) is 0.914. The minimum absolute atomic E-state index is 0.757. The summed E-state index contributed by atoms with van der Waals surface area (Å²) in [7, 11) is 0. The topological polar surface area (TPSA) is 53.6 Å². The van der Waals surface area contributed by atoms with Crippen LogP contribution < -0.4 is 5.32 Å². The Morgan fingerprint density at radius 3 is 3.00 bits per heavy atom. The van der Waals surface area contributed by atoms with Crippen LogP contribution in [-0.4, -0.2) is 21.7 Å². The first-order valence-electron chi connectivity index (χ1n) is 4.34. The maximum atomic E-state index is 4.00. The second-order valence-electron chi connectivity index (χ2n) is 3.29. The molecule has 0 radical (unpaired) electrons. The van der Waals surface area contributed by atoms with Gasteiger partial charge >= 0.3 is 0 Å². The van der Waals surface area contributed by atoms with Crippen molar-refractivity contribution in [2.24, 2.45) is 5.92 Å². The summed E-state index contributed by atoms with van der Waals surface area (Å²) >= 11 is 0. The fraction of sp³-hybridized carbons (Fsp3) is 0.750. The molecule has 2 N–H and O–H groups in total. The maximum absolute atomic E-state index is 4.00. The average molecular weight is 168 g/mol. The number of nitrogens with one attached hydrogen (secondary N) is 2. The lowest BCUT2D eigenvalue weighted by molar-refractivity contribution is 0.532. The summed E-state index contributed by atoms with van der Waals surface area (Å²) in [6.07, 6.45) is 2.73. The van der Waals surface area contributed by atoms with Gasteiger partial charge in [-0.25, -0.2) is 4.98 Å². The summed E-state index contributed by atoms with van der Waals surface area (Å²) in [5.41, 5.74) is 0. The van der Waals surface area contributed by atoms with Crippen molar-refractivity contribution in [3.8, 4) is 0 Å². The number of aromatic nitrogens is 3. The molecule has 68 valence electrons. The second kappa shape index (κ2) is 4.87. The van der Waals surface area contributed by atoms with Crippen molar-refractivity contribution in [1.29, 1.82) is 0 Å². The first-order chi connectivity index (χ1) is 5.79. The van der Waals surface area contributed by atoms with Crippen LogP contribution in [0, 0.1) is 5.92 Å². The van der Waals surface area contributed by atoms with E-state index in [-0.39, 0.29) is 0 Å². The molecule has 0 spiro atoms. The zero-order valence-electron chi connectivity index (χ0n) is 7.67. The quantitative estimate of drug-likeness (QED) is 0.643. The van der Waals surface area contributed by atoms with Crippen LogP contribution in [0.1, 0.15) is 26.1 Å². The van der Waals surface area contributed by atoms with Crippen LogP contribution in [0.3, 0.4) is 0 Å². The van der Waals surface area contributed by atoms with Gasteiger partial charge in [0.25, 0.3) is 0 Å². The summed E-state index contributed by atoms with van der Waals surface area (Å²) in [6.45, 7) is 6.26. The predicted octanol–water partition coefficient (Wildman–Crippen LogP) is 0.940. The van der Waals surface area contributed by atoms with E-state index >= 15 is 0 Å². The Morgan fingerprint density at radius 2 is 2.42 bits per heavy atom. The Balaban J connectivity index is 2.04. The molecule has 12 heavy (non-hydrogen) atoms. The van der Waals surface area contributed by atoms with Crippen LogP contribution >= 0.6 is 0 Å². The third kappa shape index (κ3) is 3.48. The highest BCUT2D eigenvalue weighted by Gasteiger charge is 1.95. The van der Waals surface area contributed by atoms with Crippen molar-refractivity contribution in [1.82, 2.24) is 20.5 Å². The van der Waals surface area contributed by atoms with Gasteiger partial charge in [-0.05, 0) is 18.9 Å². The largest absolute Gasteiger partial charge is 0.310 e. The highest BCUT2D eigenvalue weighted by atomic mass is 15.2. The van der Waals surface area contributed by atoms with E-state index in [1.807, 2.05) is 0 Å². The smallest absolute Gasteiger partial charge is 0.138 e. The van der Waals surface area contributed by atoms with Crippen molar-refractivity contribution in [3.63, 3.8) is 0 Å². The summed E-state index contributed by atoms with van der Waals surface area (Å²) in [5, 5.41) is 9.85. The Labute approximate surface area is 72.8 Å². The molecule has 0 saturated carbocycles. The lowest BCUT2D eigenvalue weighted by Crippen LogP contribution is -2.17. The molecule has 1 rings (SSSR count). The van der Waals surface area contributed by atoms with Crippen LogP contribution in [0.5, 0.6) is 0 Å². The van der Waals surface area contributed by atoms with E-state index in [9.17, 15) is 0 Å². The fourth-order valence-electron chi connectivity index (χ4n) is 0.914. The van der Waals surface area contributed by atoms with Gasteiger partial charge in [0, 0.05) is 0 Å². The molecule has 1 aromatic rings. The molecule has 0 aliphatic rings. The van der Waals surface area contributed by atoms with E-state index in [1.165, 1.54) is 12.7 Å². The summed E-state index contributed by atoms with van der Waals surface area (Å²) in [4.78, 5) is 4.00. The molecule has 0 aliphatic carbocycles. The third-order valence-electron chi connectivity index (χ3n) is 1.66. The van der Waals surface area contributed by atoms with Crippen LogP contribution in [0.4, 0.5) is 0 Å². The van der Waals surface area contributed by atoms with Gasteiger partial charge in [0.05, 0.1) is 6.54 Å². The second-order valence-corrected chi connectivity index (χ2v) is 3.29. The molecule has 1 heterocycles. The third-order valence-corrected chi connectivity index (χ3v) is 1.66. The minimum atomic E-state index is 0.757. The van der Waals surface area contributed by atoms with Crippen LogP contribution in [0.2, 0.25) is 0 Å². The van der Waals surface area contributed by atoms with E-state index in [0.29, 0.717) is 0 Å². The van der Waals surface area contributed by atoms with Crippen molar-refractivity contribution < 1.29 is 0 Å². The zero-order chi connectivity index (χ0) is 8.81. The van der Waals surface area contributed by atoms with E-state index in [2.05, 4.69) is 34.3 Å². The number of hydrogen-bond donors (Lipinski definition) is 2. The molecule has 0 unspecified atom stereocenters. The molecule has 0 amide bonds. The summed E-state index contributed by atoms with van der Waals surface area (Å²) in [6, 6.07) is 0. The molecule has 4 nitrogen and oxygen atoms in total. The van der Waals surface area contributed by atoms with Gasteiger partial charge in [-0.3, -0.25) is 5.10 Å². The van der Waals surface area contributed by atoms with Crippen molar-refractivity contribution in [2.45, 2.75) is 26.8 Å². The van der Waals surface area contributed by atoms with Gasteiger partial charge in [-0.2, -0.15) is 5.10 Å². The van der Waals surface area contributed by atoms with Crippen LogP contribution in [-0.2, 0) is 6.54 Å². The maximum Gasteiger partial charge on any atom is 0.138 e. The van der Waals surface area contributed by atoms with E-state index in [4.69, 9.17) is 0 Å². The van der Waals surface area contributed by atoms with Gasteiger partial charge in [0.1, 0.15) is 12.2 Å². The van der Waals surface area contributed by atoms with Crippen molar-refractivity contribution in [2.75, 3.05) is 6.54 Å². The Hall–Kier alpha value is -0.900. The number of nitrogens with zero attached hydrogens (tertiary/aromatic N) is 2. The SMILES string of the molecule is CC(C)CCNCc1ncn[nH]1. The molecule has 0 saturated heterocycles. The molecule has 0 aliphatic heterocycles. The first-order valence-corrected chi connectivity index (χ1v) is 4.34. The van der Waals surface area contributed by atoms with Gasteiger partial charge in [-0.15, -0.1) is 0 Å². The van der Waals surface area contributed by atoms with Crippen LogP contribution in [0.15, 0.2) is 6.33 Å². The number of hydrogen-bond acceptors (Lipinski definition) is 3. The Morgan fingerprint density at radius 1 is 1.58 bits per heavy atom. The molecular weight excluding hydrogens is 152 g/mol. The molecule has 4 heteroatoms. The predicted molar refractivity (Wildman–Crippen MR) is 47.5 cm³/mol. The first kappa shape index (κ1) is 9.19. The zero-order valence-corrected chi connectivity index (χ0v) is 7.67. The van der Waals surface area contributed by atoms with E-state index in [0.717, 1.165) is 24.8 Å². The van der Waals surface area contributed by atoms with E-state index in [1.54, 1.807) is 0 Å². The standard InChI is InChI=1S/C8H16N4/c1-7(2)3-4-9-5-8-10-6-11-12-8/h6-7,9H,3-5H2,1-2H3,(H,10,11,12). The molecule has 1 aromatic heterocycles. The Kier molecular flexibility index (Phi) is 3.73. The number of aromatic amines is 1. The highest BCUT2D eigenvalue weighted by molar-refractivity contribution is 4.77. The molecular formula is C8H16N4. The van der Waals surface area contributed by atoms with Gasteiger partial charge in [-0.1, -0.05) is 13.8 Å². The van der Waals surface area contributed by atoms with Crippen molar-refractivity contribution >= 4 is 0 Å². The highest BCUT2D eigenvalue weighted by Crippen LogP contribution is 1.96. The molecule has 0 fully saturated rings. The lowest BCUT2D eigenvalue weighted by atomic mass is 10.1. The normalized spacial score (nSPS) is 10.9. The van der Waals surface area contributed by atoms with E-state index < -0.39 is 0 Å². The average Bonchev–Trinajstić information content (AvgIpc) is 2.49. The van der Waals surface area contributed by atoms with Crippen molar-refractivity contribution in [3.05, 3.63) is 12.2 Å². The van der Waals surface area contributed by atoms with Gasteiger partial charge in [0.15, 0.2) is 0 Å². The monoisotopic (exact) mass is 168 g/mol. The van der Waals surface area contributed by atoms with Gasteiger partial charge in [0.2, 0.25) is 0 Å². The summed E-state index contributed by atoms with van der Waals surface area (Å²) in [5.74, 6) is 1.66.